The molecule has 0 aliphatic carbocycles. The zero-order valence-electron chi connectivity index (χ0n) is 17.4. The first-order chi connectivity index (χ1) is 15.0. The molecule has 31 heavy (non-hydrogen) atoms. The van der Waals surface area contributed by atoms with E-state index in [1.807, 2.05) is 60.7 Å². The van der Waals surface area contributed by atoms with E-state index in [4.69, 9.17) is 9.47 Å². The van der Waals surface area contributed by atoms with Gasteiger partial charge in [-0.25, -0.2) is 4.79 Å². The zero-order chi connectivity index (χ0) is 21.8. The van der Waals surface area contributed by atoms with Gasteiger partial charge >= 0.3 is 5.97 Å². The Bertz CT molecular complexity index is 1150. The summed E-state index contributed by atoms with van der Waals surface area (Å²) < 4.78 is 11.9. The number of pyridine rings is 1. The molecule has 4 aromatic rings. The summed E-state index contributed by atoms with van der Waals surface area (Å²) in [7, 11) is 0. The van der Waals surface area contributed by atoms with Crippen LogP contribution >= 0.6 is 0 Å². The highest BCUT2D eigenvalue weighted by molar-refractivity contribution is 6.02. The van der Waals surface area contributed by atoms with E-state index in [2.05, 4.69) is 4.98 Å². The summed E-state index contributed by atoms with van der Waals surface area (Å²) in [5, 5.41) is 11.0. The monoisotopic (exact) mass is 413 g/mol. The van der Waals surface area contributed by atoms with Crippen molar-refractivity contribution in [3.05, 3.63) is 102 Å². The van der Waals surface area contributed by atoms with Crippen LogP contribution in [0.3, 0.4) is 0 Å². The number of phenolic OH excluding ortho intramolecular Hbond substituents is 1. The lowest BCUT2D eigenvalue weighted by Gasteiger charge is -2.23. The number of carbonyl (C=O) groups excluding carboxylic acids is 1. The first-order valence-electron chi connectivity index (χ1n) is 10.1. The molecule has 0 bridgehead atoms. The average molecular weight is 413 g/mol. The third-order valence-electron chi connectivity index (χ3n) is 4.83. The quantitative estimate of drug-likeness (QED) is 0.412. The van der Waals surface area contributed by atoms with Gasteiger partial charge in [0.2, 0.25) is 0 Å². The smallest absolute Gasteiger partial charge is 0.342 e. The highest BCUT2D eigenvalue weighted by Gasteiger charge is 2.25. The molecule has 0 radical (unpaired) electrons. The van der Waals surface area contributed by atoms with Crippen LogP contribution in [0.25, 0.3) is 10.9 Å². The van der Waals surface area contributed by atoms with Crippen LogP contribution < -0.4 is 4.74 Å². The number of esters is 1. The number of hydrogen-bond acceptors (Lipinski definition) is 5. The van der Waals surface area contributed by atoms with Crippen molar-refractivity contribution in [3.63, 3.8) is 0 Å². The number of rotatable bonds is 6. The number of phenols is 1. The van der Waals surface area contributed by atoms with Crippen molar-refractivity contribution >= 4 is 16.9 Å². The molecule has 1 heterocycles. The summed E-state index contributed by atoms with van der Waals surface area (Å²) in [5.74, 6) is -0.355. The summed E-state index contributed by atoms with van der Waals surface area (Å²) in [4.78, 5) is 17.3. The predicted molar refractivity (Wildman–Crippen MR) is 119 cm³/mol. The Balaban J connectivity index is 1.90. The van der Waals surface area contributed by atoms with Crippen LogP contribution in [-0.4, -0.2) is 22.2 Å². The van der Waals surface area contributed by atoms with Gasteiger partial charge in [-0.15, -0.1) is 0 Å². The highest BCUT2D eigenvalue weighted by Crippen LogP contribution is 2.39. The summed E-state index contributed by atoms with van der Waals surface area (Å²) in [6.45, 7) is 3.54. The van der Waals surface area contributed by atoms with Gasteiger partial charge in [-0.05, 0) is 43.2 Å². The molecular weight excluding hydrogens is 390 g/mol. The highest BCUT2D eigenvalue weighted by atomic mass is 16.5. The lowest BCUT2D eigenvalue weighted by Crippen LogP contribution is -2.16. The molecule has 0 fully saturated rings. The third kappa shape index (κ3) is 4.36. The van der Waals surface area contributed by atoms with Crippen molar-refractivity contribution in [1.29, 1.82) is 0 Å². The fourth-order valence-electron chi connectivity index (χ4n) is 3.45. The first-order valence-corrected chi connectivity index (χ1v) is 10.1. The number of hydrogen-bond donors (Lipinski definition) is 1. The molecule has 0 aliphatic heterocycles. The molecule has 0 aliphatic rings. The SMILES string of the molecule is CC(C)OC(=O)c1cc(O)c2cccnc2c1OC(c1ccccc1)c1ccccc1. The van der Waals surface area contributed by atoms with E-state index in [0.29, 0.717) is 10.9 Å². The molecule has 1 aromatic heterocycles. The predicted octanol–water partition coefficient (Wildman–Crippen LogP) is 5.67. The molecule has 5 heteroatoms. The molecule has 1 N–H and O–H groups in total. The number of aromatic nitrogens is 1. The van der Waals surface area contributed by atoms with Crippen molar-refractivity contribution in [2.24, 2.45) is 0 Å². The van der Waals surface area contributed by atoms with Crippen LogP contribution in [0.5, 0.6) is 11.5 Å². The molecule has 4 rings (SSSR count). The van der Waals surface area contributed by atoms with E-state index >= 15 is 0 Å². The van der Waals surface area contributed by atoms with E-state index in [0.717, 1.165) is 11.1 Å². The largest absolute Gasteiger partial charge is 0.507 e. The van der Waals surface area contributed by atoms with Gasteiger partial charge in [-0.3, -0.25) is 4.98 Å². The topological polar surface area (TPSA) is 68.7 Å². The van der Waals surface area contributed by atoms with Crippen molar-refractivity contribution < 1.29 is 19.4 Å². The van der Waals surface area contributed by atoms with Gasteiger partial charge in [0.25, 0.3) is 0 Å². The Morgan fingerprint density at radius 1 is 0.903 bits per heavy atom. The minimum atomic E-state index is -0.576. The number of benzene rings is 3. The van der Waals surface area contributed by atoms with Crippen LogP contribution in [0, 0.1) is 0 Å². The fraction of sp³-hybridized carbons (Fsp3) is 0.154. The second-order valence-electron chi connectivity index (χ2n) is 7.45. The molecule has 5 nitrogen and oxygen atoms in total. The van der Waals surface area contributed by atoms with Crippen LogP contribution in [0.15, 0.2) is 85.1 Å². The van der Waals surface area contributed by atoms with Crippen molar-refractivity contribution in [2.45, 2.75) is 26.1 Å². The summed E-state index contributed by atoms with van der Waals surface area (Å²) in [5.41, 5.74) is 2.38. The standard InChI is InChI=1S/C26H23NO4/c1-17(2)30-26(29)21-16-22(28)20-14-9-15-27-23(20)25(21)31-24(18-10-5-3-6-11-18)19-12-7-4-8-13-19/h3-17,24,28H,1-2H3. The van der Waals surface area contributed by atoms with Gasteiger partial charge in [0.05, 0.1) is 6.10 Å². The van der Waals surface area contributed by atoms with Crippen molar-refractivity contribution in [3.8, 4) is 11.5 Å². The van der Waals surface area contributed by atoms with E-state index < -0.39 is 12.1 Å². The minimum absolute atomic E-state index is 0.0536. The number of fused-ring (bicyclic) bond motifs is 1. The van der Waals surface area contributed by atoms with Crippen LogP contribution in [0.1, 0.15) is 41.4 Å². The summed E-state index contributed by atoms with van der Waals surface area (Å²) in [6.07, 6.45) is 0.801. The van der Waals surface area contributed by atoms with Crippen LogP contribution in [0.4, 0.5) is 0 Å². The van der Waals surface area contributed by atoms with Crippen LogP contribution in [0.2, 0.25) is 0 Å². The first kappa shape index (κ1) is 20.4. The molecule has 0 unspecified atom stereocenters. The normalized spacial score (nSPS) is 11.1. The van der Waals surface area contributed by atoms with E-state index in [9.17, 15) is 9.90 Å². The summed E-state index contributed by atoms with van der Waals surface area (Å²) >= 11 is 0. The Labute approximate surface area is 180 Å². The number of aromatic hydroxyl groups is 1. The molecule has 0 spiro atoms. The third-order valence-corrected chi connectivity index (χ3v) is 4.83. The Morgan fingerprint density at radius 3 is 2.10 bits per heavy atom. The maximum Gasteiger partial charge on any atom is 0.342 e. The van der Waals surface area contributed by atoms with E-state index in [-0.39, 0.29) is 23.2 Å². The Hall–Kier alpha value is -3.86. The Kier molecular flexibility index (Phi) is 5.85. The molecule has 0 saturated carbocycles. The molecule has 156 valence electrons. The number of carbonyl (C=O) groups is 1. The van der Waals surface area contributed by atoms with Gasteiger partial charge in [0, 0.05) is 11.6 Å². The van der Waals surface area contributed by atoms with Crippen LogP contribution in [-0.2, 0) is 4.74 Å². The lowest BCUT2D eigenvalue weighted by molar-refractivity contribution is 0.0371. The zero-order valence-corrected chi connectivity index (χ0v) is 17.4. The average Bonchev–Trinajstić information content (AvgIpc) is 2.79. The maximum absolute atomic E-state index is 12.9. The fourth-order valence-corrected chi connectivity index (χ4v) is 3.45. The molecule has 3 aromatic carbocycles. The second kappa shape index (κ2) is 8.88. The molecule has 0 amide bonds. The Morgan fingerprint density at radius 2 is 1.52 bits per heavy atom. The van der Waals surface area contributed by atoms with E-state index in [1.165, 1.54) is 6.07 Å². The molecule has 0 saturated heterocycles. The van der Waals surface area contributed by atoms with Gasteiger partial charge in [0.15, 0.2) is 5.75 Å². The van der Waals surface area contributed by atoms with E-state index in [1.54, 1.807) is 32.2 Å². The number of ether oxygens (including phenoxy) is 2. The molecular formula is C26H23NO4. The maximum atomic E-state index is 12.9. The van der Waals surface area contributed by atoms with Crippen molar-refractivity contribution in [1.82, 2.24) is 4.98 Å². The van der Waals surface area contributed by atoms with Gasteiger partial charge in [-0.2, -0.15) is 0 Å². The number of nitrogens with zero attached hydrogens (tertiary/aromatic N) is 1. The van der Waals surface area contributed by atoms with Gasteiger partial charge in [0.1, 0.15) is 22.9 Å². The van der Waals surface area contributed by atoms with Gasteiger partial charge in [-0.1, -0.05) is 60.7 Å². The minimum Gasteiger partial charge on any atom is -0.507 e. The molecule has 0 atom stereocenters. The van der Waals surface area contributed by atoms with Gasteiger partial charge < -0.3 is 14.6 Å². The summed E-state index contributed by atoms with van der Waals surface area (Å²) in [6, 6.07) is 24.4. The second-order valence-corrected chi connectivity index (χ2v) is 7.45. The lowest BCUT2D eigenvalue weighted by atomic mass is 10.0. The van der Waals surface area contributed by atoms with Crippen molar-refractivity contribution in [2.75, 3.05) is 0 Å².